The summed E-state index contributed by atoms with van der Waals surface area (Å²) in [6.45, 7) is 1.33. The van der Waals surface area contributed by atoms with Gasteiger partial charge in [0.25, 0.3) is 5.91 Å². The normalized spacial score (nSPS) is 20.5. The molecular formula is C23H25FN6O3. The van der Waals surface area contributed by atoms with Gasteiger partial charge in [0.2, 0.25) is 11.8 Å². The van der Waals surface area contributed by atoms with Crippen molar-refractivity contribution in [3.05, 3.63) is 59.9 Å². The molecule has 0 saturated carbocycles. The first-order chi connectivity index (χ1) is 15.8. The van der Waals surface area contributed by atoms with E-state index in [2.05, 4.69) is 10.4 Å². The average Bonchev–Trinajstić information content (AvgIpc) is 3.42. The maximum absolute atomic E-state index is 13.3. The molecule has 2 aliphatic heterocycles. The van der Waals surface area contributed by atoms with Crippen LogP contribution in [0.15, 0.2) is 53.6 Å². The fourth-order valence-corrected chi connectivity index (χ4v) is 4.22. The van der Waals surface area contributed by atoms with Crippen LogP contribution in [0.4, 0.5) is 15.8 Å². The summed E-state index contributed by atoms with van der Waals surface area (Å²) in [7, 11) is 0. The van der Waals surface area contributed by atoms with Crippen molar-refractivity contribution in [1.82, 2.24) is 4.90 Å². The Balaban J connectivity index is 1.47. The van der Waals surface area contributed by atoms with Gasteiger partial charge in [0.15, 0.2) is 0 Å². The Hall–Kier alpha value is -3.79. The quantitative estimate of drug-likeness (QED) is 0.583. The predicted octanol–water partition coefficient (Wildman–Crippen LogP) is 1.33. The van der Waals surface area contributed by atoms with Gasteiger partial charge in [0, 0.05) is 18.7 Å². The summed E-state index contributed by atoms with van der Waals surface area (Å²) in [4.78, 5) is 38.5. The molecule has 33 heavy (non-hydrogen) atoms. The molecule has 0 aromatic heterocycles. The number of hydrogen-bond donors (Lipinski definition) is 3. The van der Waals surface area contributed by atoms with Gasteiger partial charge in [0.05, 0.1) is 11.7 Å². The van der Waals surface area contributed by atoms with Gasteiger partial charge in [-0.15, -0.1) is 0 Å². The third-order valence-corrected chi connectivity index (χ3v) is 5.85. The van der Waals surface area contributed by atoms with E-state index in [9.17, 15) is 18.8 Å². The standard InChI is InChI=1S/C23H25FN6O3/c24-15-6-8-17(9-7-15)30-20(22(26)32)12-18(28-30)23(33)27-16-4-1-3-14(11-16)13-29-10-2-5-19(29)21(25)31/h1,3-4,6-9,11,19-20H,2,5,10,12-13H2,(H2,25,31)(H2,26,32)(H,27,33). The number of anilines is 2. The second kappa shape index (κ2) is 9.37. The van der Waals surface area contributed by atoms with E-state index in [4.69, 9.17) is 11.5 Å². The molecule has 2 heterocycles. The number of carbonyl (C=O) groups is 3. The third kappa shape index (κ3) is 5.01. The van der Waals surface area contributed by atoms with E-state index in [0.717, 1.165) is 24.9 Å². The molecule has 10 heteroatoms. The number of nitrogens with two attached hydrogens (primary N) is 2. The molecule has 172 valence electrons. The van der Waals surface area contributed by atoms with Gasteiger partial charge in [0.1, 0.15) is 17.6 Å². The zero-order valence-corrected chi connectivity index (χ0v) is 17.9. The second-order valence-corrected chi connectivity index (χ2v) is 8.18. The minimum atomic E-state index is -0.844. The van der Waals surface area contributed by atoms with Crippen LogP contribution in [0.2, 0.25) is 0 Å². The summed E-state index contributed by atoms with van der Waals surface area (Å²) < 4.78 is 13.3. The van der Waals surface area contributed by atoms with E-state index in [-0.39, 0.29) is 24.1 Å². The molecule has 2 aromatic rings. The van der Waals surface area contributed by atoms with Crippen molar-refractivity contribution in [1.29, 1.82) is 0 Å². The number of benzene rings is 2. The largest absolute Gasteiger partial charge is 0.368 e. The number of nitrogens with one attached hydrogen (secondary N) is 1. The Morgan fingerprint density at radius 1 is 1.06 bits per heavy atom. The van der Waals surface area contributed by atoms with Crippen molar-refractivity contribution < 1.29 is 18.8 Å². The molecule has 0 bridgehead atoms. The molecule has 3 amide bonds. The van der Waals surface area contributed by atoms with Crippen LogP contribution in [0.3, 0.4) is 0 Å². The Kier molecular flexibility index (Phi) is 6.36. The number of hydrogen-bond acceptors (Lipinski definition) is 6. The lowest BCUT2D eigenvalue weighted by Gasteiger charge is -2.22. The van der Waals surface area contributed by atoms with Crippen LogP contribution in [0.25, 0.3) is 0 Å². The van der Waals surface area contributed by atoms with Crippen molar-refractivity contribution in [3.8, 4) is 0 Å². The minimum Gasteiger partial charge on any atom is -0.368 e. The first kappa shape index (κ1) is 22.4. The molecule has 2 aromatic carbocycles. The summed E-state index contributed by atoms with van der Waals surface area (Å²) in [6.07, 6.45) is 1.69. The van der Waals surface area contributed by atoms with Crippen LogP contribution >= 0.6 is 0 Å². The minimum absolute atomic E-state index is 0.0340. The molecule has 0 spiro atoms. The smallest absolute Gasteiger partial charge is 0.271 e. The van der Waals surface area contributed by atoms with E-state index in [1.807, 2.05) is 23.1 Å². The maximum atomic E-state index is 13.3. The van der Waals surface area contributed by atoms with Crippen LogP contribution in [0.1, 0.15) is 24.8 Å². The van der Waals surface area contributed by atoms with Crippen molar-refractivity contribution in [2.45, 2.75) is 37.9 Å². The van der Waals surface area contributed by atoms with Gasteiger partial charge in [-0.1, -0.05) is 12.1 Å². The SMILES string of the molecule is NC(=O)C1CCCN1Cc1cccc(NC(=O)C2=NN(c3ccc(F)cc3)C(C(N)=O)C2)c1. The number of halogens is 1. The summed E-state index contributed by atoms with van der Waals surface area (Å²) in [6, 6.07) is 11.6. The number of hydrazone groups is 1. The molecule has 1 fully saturated rings. The Morgan fingerprint density at radius 3 is 2.48 bits per heavy atom. The summed E-state index contributed by atoms with van der Waals surface area (Å²) >= 11 is 0. The zero-order valence-electron chi connectivity index (χ0n) is 17.9. The van der Waals surface area contributed by atoms with Gasteiger partial charge in [-0.05, 0) is 61.3 Å². The number of carbonyl (C=O) groups excluding carboxylic acids is 3. The first-order valence-corrected chi connectivity index (χ1v) is 10.7. The van der Waals surface area contributed by atoms with E-state index in [0.29, 0.717) is 17.9 Å². The van der Waals surface area contributed by atoms with Gasteiger partial charge in [-0.2, -0.15) is 5.10 Å². The molecule has 2 atom stereocenters. The summed E-state index contributed by atoms with van der Waals surface area (Å²) in [5.41, 5.74) is 13.1. The summed E-state index contributed by atoms with van der Waals surface area (Å²) in [5, 5.41) is 8.42. The fourth-order valence-electron chi connectivity index (χ4n) is 4.22. The highest BCUT2D eigenvalue weighted by molar-refractivity contribution is 6.44. The Morgan fingerprint density at radius 2 is 1.79 bits per heavy atom. The third-order valence-electron chi connectivity index (χ3n) is 5.85. The molecule has 4 rings (SSSR count). The number of amides is 3. The van der Waals surface area contributed by atoms with Crippen molar-refractivity contribution in [3.63, 3.8) is 0 Å². The lowest BCUT2D eigenvalue weighted by Crippen LogP contribution is -2.39. The zero-order chi connectivity index (χ0) is 23.5. The van der Waals surface area contributed by atoms with Gasteiger partial charge in [-0.25, -0.2) is 4.39 Å². The van der Waals surface area contributed by atoms with Crippen LogP contribution in [-0.4, -0.2) is 47.0 Å². The number of rotatable bonds is 7. The number of primary amides is 2. The van der Waals surface area contributed by atoms with Crippen LogP contribution < -0.4 is 21.8 Å². The van der Waals surface area contributed by atoms with Gasteiger partial charge >= 0.3 is 0 Å². The maximum Gasteiger partial charge on any atom is 0.271 e. The first-order valence-electron chi connectivity index (χ1n) is 10.7. The highest BCUT2D eigenvalue weighted by atomic mass is 19.1. The van der Waals surface area contributed by atoms with Crippen LogP contribution in [-0.2, 0) is 20.9 Å². The molecule has 0 aliphatic carbocycles. The van der Waals surface area contributed by atoms with E-state index in [1.54, 1.807) is 6.07 Å². The van der Waals surface area contributed by atoms with E-state index < -0.39 is 23.7 Å². The van der Waals surface area contributed by atoms with Gasteiger partial charge < -0.3 is 16.8 Å². The van der Waals surface area contributed by atoms with Gasteiger partial charge in [-0.3, -0.25) is 24.3 Å². The van der Waals surface area contributed by atoms with E-state index in [1.165, 1.54) is 29.3 Å². The lowest BCUT2D eigenvalue weighted by molar-refractivity contribution is -0.122. The van der Waals surface area contributed by atoms with E-state index >= 15 is 0 Å². The molecule has 5 N–H and O–H groups in total. The van der Waals surface area contributed by atoms with Crippen LogP contribution in [0.5, 0.6) is 0 Å². The molecule has 0 radical (unpaired) electrons. The average molecular weight is 452 g/mol. The Bertz CT molecular complexity index is 1100. The molecule has 2 aliphatic rings. The molecule has 1 saturated heterocycles. The van der Waals surface area contributed by atoms with Crippen LogP contribution in [0, 0.1) is 5.82 Å². The highest BCUT2D eigenvalue weighted by Crippen LogP contribution is 2.26. The fraction of sp³-hybridized carbons (Fsp3) is 0.304. The van der Waals surface area contributed by atoms with Crippen molar-refractivity contribution >= 4 is 34.8 Å². The number of nitrogens with zero attached hydrogens (tertiary/aromatic N) is 3. The van der Waals surface area contributed by atoms with Crippen molar-refractivity contribution in [2.75, 3.05) is 16.9 Å². The Labute approximate surface area is 190 Å². The molecular weight excluding hydrogens is 427 g/mol. The van der Waals surface area contributed by atoms with Crippen molar-refractivity contribution in [2.24, 2.45) is 16.6 Å². The highest BCUT2D eigenvalue weighted by Gasteiger charge is 2.35. The monoisotopic (exact) mass is 452 g/mol. The lowest BCUT2D eigenvalue weighted by atomic mass is 10.1. The molecule has 2 unspecified atom stereocenters. The summed E-state index contributed by atoms with van der Waals surface area (Å²) in [5.74, 6) is -1.85. The number of likely N-dealkylation sites (tertiary alicyclic amines) is 1. The second-order valence-electron chi connectivity index (χ2n) is 8.18. The molecule has 9 nitrogen and oxygen atoms in total. The topological polar surface area (TPSA) is 134 Å². The predicted molar refractivity (Wildman–Crippen MR) is 122 cm³/mol.